The first-order valence-electron chi connectivity index (χ1n) is 8.05. The van der Waals surface area contributed by atoms with Crippen molar-refractivity contribution in [3.05, 3.63) is 34.8 Å². The number of nitrogens with zero attached hydrogens (tertiary/aromatic N) is 3. The molecule has 1 N–H and O–H groups in total. The molecule has 3 rings (SSSR count). The number of hydrogen-bond acceptors (Lipinski definition) is 7. The van der Waals surface area contributed by atoms with Gasteiger partial charge in [0.25, 0.3) is 0 Å². The molecule has 9 nitrogen and oxygen atoms in total. The molecule has 0 aliphatic carbocycles. The molecule has 0 saturated heterocycles. The Balaban J connectivity index is 1.71. The first kappa shape index (κ1) is 17.6. The van der Waals surface area contributed by atoms with E-state index < -0.39 is 12.6 Å². The molecule has 2 aromatic heterocycles. The lowest BCUT2D eigenvalue weighted by Crippen LogP contribution is -2.31. The number of amides is 1. The van der Waals surface area contributed by atoms with Gasteiger partial charge in [-0.25, -0.2) is 10.2 Å². The third-order valence-electron chi connectivity index (χ3n) is 4.05. The fourth-order valence-corrected chi connectivity index (χ4v) is 2.77. The Morgan fingerprint density at radius 3 is 2.65 bits per heavy atom. The van der Waals surface area contributed by atoms with Crippen LogP contribution in [0.15, 0.2) is 21.8 Å². The van der Waals surface area contributed by atoms with Crippen LogP contribution in [0.1, 0.15) is 40.3 Å². The molecule has 0 aromatic carbocycles. The molecule has 1 amide bonds. The Morgan fingerprint density at radius 2 is 2.04 bits per heavy atom. The number of carbonyl (C=O) groups excluding carboxylic acids is 3. The predicted octanol–water partition coefficient (Wildman–Crippen LogP) is 1.38. The van der Waals surface area contributed by atoms with E-state index in [-0.39, 0.29) is 30.2 Å². The van der Waals surface area contributed by atoms with Crippen LogP contribution in [0.3, 0.4) is 0 Å². The normalized spacial score (nSPS) is 14.0. The zero-order valence-corrected chi connectivity index (χ0v) is 14.7. The number of Topliss-reactive ketones (excluding diaryl/α,β-unsaturated/α-hetero) is 1. The minimum atomic E-state index is -0.709. The SMILES string of the molecule is Cc1cc(-n2c(C)cc(C(=O)COC(=O)C3=NNC(=O)CC3)c2C)no1. The topological polar surface area (TPSA) is 116 Å². The lowest BCUT2D eigenvalue weighted by Gasteiger charge is -2.11. The third kappa shape index (κ3) is 3.41. The summed E-state index contributed by atoms with van der Waals surface area (Å²) in [5.74, 6) is -0.0543. The van der Waals surface area contributed by atoms with Crippen molar-refractivity contribution in [2.45, 2.75) is 33.6 Å². The minimum absolute atomic E-state index is 0.0981. The minimum Gasteiger partial charge on any atom is -0.453 e. The van der Waals surface area contributed by atoms with Gasteiger partial charge in [0.1, 0.15) is 11.5 Å². The largest absolute Gasteiger partial charge is 0.453 e. The van der Waals surface area contributed by atoms with Crippen molar-refractivity contribution in [1.29, 1.82) is 0 Å². The molecule has 0 atom stereocenters. The van der Waals surface area contributed by atoms with Gasteiger partial charge in [-0.05, 0) is 26.8 Å². The molecule has 0 radical (unpaired) electrons. The van der Waals surface area contributed by atoms with Crippen LogP contribution in [0.25, 0.3) is 5.82 Å². The number of esters is 1. The number of ketones is 1. The van der Waals surface area contributed by atoms with Gasteiger partial charge < -0.3 is 9.26 Å². The molecule has 0 saturated carbocycles. The Morgan fingerprint density at radius 1 is 1.27 bits per heavy atom. The summed E-state index contributed by atoms with van der Waals surface area (Å²) < 4.78 is 11.9. The van der Waals surface area contributed by atoms with E-state index in [2.05, 4.69) is 15.7 Å². The van der Waals surface area contributed by atoms with E-state index in [0.29, 0.717) is 22.8 Å². The quantitative estimate of drug-likeness (QED) is 0.638. The second-order valence-electron chi connectivity index (χ2n) is 6.01. The van der Waals surface area contributed by atoms with Crippen LogP contribution in [0, 0.1) is 20.8 Å². The van der Waals surface area contributed by atoms with Crippen molar-refractivity contribution >= 4 is 23.4 Å². The van der Waals surface area contributed by atoms with E-state index in [9.17, 15) is 14.4 Å². The summed E-state index contributed by atoms with van der Waals surface area (Å²) in [4.78, 5) is 35.4. The first-order chi connectivity index (χ1) is 12.4. The molecule has 9 heteroatoms. The van der Waals surface area contributed by atoms with Crippen LogP contribution in [-0.4, -0.2) is 39.7 Å². The average molecular weight is 358 g/mol. The molecule has 0 fully saturated rings. The average Bonchev–Trinajstić information content (AvgIpc) is 3.15. The van der Waals surface area contributed by atoms with Gasteiger partial charge in [-0.3, -0.25) is 14.2 Å². The Hall–Kier alpha value is -3.23. The summed E-state index contributed by atoms with van der Waals surface area (Å²) >= 11 is 0. The molecule has 2 aromatic rings. The fourth-order valence-electron chi connectivity index (χ4n) is 2.77. The number of ether oxygens (including phenoxy) is 1. The molecule has 26 heavy (non-hydrogen) atoms. The maximum Gasteiger partial charge on any atom is 0.354 e. The molecule has 0 unspecified atom stereocenters. The summed E-state index contributed by atoms with van der Waals surface area (Å²) in [6, 6.07) is 3.48. The molecular weight excluding hydrogens is 340 g/mol. The van der Waals surface area contributed by atoms with E-state index in [1.54, 1.807) is 30.5 Å². The van der Waals surface area contributed by atoms with E-state index in [1.165, 1.54) is 0 Å². The monoisotopic (exact) mass is 358 g/mol. The first-order valence-corrected chi connectivity index (χ1v) is 8.05. The zero-order valence-electron chi connectivity index (χ0n) is 14.7. The highest BCUT2D eigenvalue weighted by Gasteiger charge is 2.23. The zero-order chi connectivity index (χ0) is 18.8. The van der Waals surface area contributed by atoms with Crippen molar-refractivity contribution in [3.63, 3.8) is 0 Å². The molecule has 1 aliphatic heterocycles. The smallest absolute Gasteiger partial charge is 0.354 e. The highest BCUT2D eigenvalue weighted by Crippen LogP contribution is 2.21. The summed E-state index contributed by atoms with van der Waals surface area (Å²) in [6.45, 7) is 5.01. The van der Waals surface area contributed by atoms with E-state index in [1.807, 2.05) is 6.92 Å². The fraction of sp³-hybridized carbons (Fsp3) is 0.353. The van der Waals surface area contributed by atoms with Gasteiger partial charge in [-0.2, -0.15) is 5.10 Å². The van der Waals surface area contributed by atoms with Crippen LogP contribution >= 0.6 is 0 Å². The summed E-state index contributed by atoms with van der Waals surface area (Å²) in [5, 5.41) is 7.61. The van der Waals surface area contributed by atoms with Gasteiger partial charge in [-0.1, -0.05) is 5.16 Å². The van der Waals surface area contributed by atoms with Gasteiger partial charge in [-0.15, -0.1) is 0 Å². The van der Waals surface area contributed by atoms with Crippen LogP contribution in [0.5, 0.6) is 0 Å². The second-order valence-corrected chi connectivity index (χ2v) is 6.01. The third-order valence-corrected chi connectivity index (χ3v) is 4.05. The van der Waals surface area contributed by atoms with Gasteiger partial charge >= 0.3 is 5.97 Å². The van der Waals surface area contributed by atoms with Crippen molar-refractivity contribution in [3.8, 4) is 5.82 Å². The van der Waals surface area contributed by atoms with Gasteiger partial charge in [0, 0.05) is 35.9 Å². The van der Waals surface area contributed by atoms with E-state index in [4.69, 9.17) is 9.26 Å². The summed E-state index contributed by atoms with van der Waals surface area (Å²) in [6.07, 6.45) is 0.360. The number of hydrogen-bond donors (Lipinski definition) is 1. The lowest BCUT2D eigenvalue weighted by atomic mass is 10.1. The molecule has 1 aliphatic rings. The highest BCUT2D eigenvalue weighted by atomic mass is 16.5. The van der Waals surface area contributed by atoms with Gasteiger partial charge in [0.2, 0.25) is 11.7 Å². The lowest BCUT2D eigenvalue weighted by molar-refractivity contribution is -0.134. The maximum atomic E-state index is 12.5. The Kier molecular flexibility index (Phi) is 4.70. The Bertz CT molecular complexity index is 922. The standard InChI is InChI=1S/C17H18N4O5/c1-9-6-12(11(3)21(9)15-7-10(2)26-20-15)14(22)8-25-17(24)13-4-5-16(23)19-18-13/h6-7H,4-5,8H2,1-3H3,(H,19,23). The predicted molar refractivity (Wildman–Crippen MR) is 90.1 cm³/mol. The van der Waals surface area contributed by atoms with Crippen LogP contribution < -0.4 is 5.43 Å². The number of nitrogens with one attached hydrogen (secondary N) is 1. The maximum absolute atomic E-state index is 12.5. The number of aryl methyl sites for hydroxylation is 2. The van der Waals surface area contributed by atoms with Crippen LogP contribution in [0.4, 0.5) is 0 Å². The Labute approximate surface area is 149 Å². The van der Waals surface area contributed by atoms with Crippen LogP contribution in [-0.2, 0) is 14.3 Å². The number of rotatable bonds is 5. The second kappa shape index (κ2) is 6.95. The highest BCUT2D eigenvalue weighted by molar-refractivity contribution is 6.37. The molecule has 0 spiro atoms. The molecular formula is C17H18N4O5. The molecule has 136 valence electrons. The van der Waals surface area contributed by atoms with E-state index >= 15 is 0 Å². The van der Waals surface area contributed by atoms with Crippen molar-refractivity contribution in [1.82, 2.24) is 15.1 Å². The van der Waals surface area contributed by atoms with Crippen molar-refractivity contribution in [2.75, 3.05) is 6.61 Å². The van der Waals surface area contributed by atoms with Crippen molar-refractivity contribution in [2.24, 2.45) is 5.10 Å². The number of carbonyl (C=O) groups is 3. The number of aromatic nitrogens is 2. The van der Waals surface area contributed by atoms with Crippen molar-refractivity contribution < 1.29 is 23.6 Å². The molecule has 0 bridgehead atoms. The van der Waals surface area contributed by atoms with Crippen LogP contribution in [0.2, 0.25) is 0 Å². The molecule has 3 heterocycles. The number of hydrazone groups is 1. The van der Waals surface area contributed by atoms with E-state index in [0.717, 1.165) is 5.69 Å². The summed E-state index contributed by atoms with van der Waals surface area (Å²) in [5.41, 5.74) is 4.24. The van der Waals surface area contributed by atoms with Gasteiger partial charge in [0.15, 0.2) is 12.4 Å². The summed E-state index contributed by atoms with van der Waals surface area (Å²) in [7, 11) is 0. The van der Waals surface area contributed by atoms with Gasteiger partial charge in [0.05, 0.1) is 0 Å².